The van der Waals surface area contributed by atoms with Crippen LogP contribution in [0, 0.1) is 0 Å². The smallest absolute Gasteiger partial charge is 0.115 e. The van der Waals surface area contributed by atoms with Gasteiger partial charge >= 0.3 is 0 Å². The average Bonchev–Trinajstić information content (AvgIpc) is 2.95. The predicted octanol–water partition coefficient (Wildman–Crippen LogP) is 6.18. The molecule has 0 bridgehead atoms. The highest BCUT2D eigenvalue weighted by Crippen LogP contribution is 2.51. The lowest BCUT2D eigenvalue weighted by molar-refractivity contribution is 0.130. The zero-order chi connectivity index (χ0) is 26.6. The van der Waals surface area contributed by atoms with Gasteiger partial charge in [-0.3, -0.25) is 0 Å². The zero-order valence-corrected chi connectivity index (χ0v) is 25.0. The van der Waals surface area contributed by atoms with Gasteiger partial charge in [0.1, 0.15) is 29.1 Å². The van der Waals surface area contributed by atoms with Crippen molar-refractivity contribution in [1.29, 1.82) is 0 Å². The third-order valence-corrected chi connectivity index (χ3v) is 9.77. The summed E-state index contributed by atoms with van der Waals surface area (Å²) in [5, 5.41) is 0. The Kier molecular flexibility index (Phi) is 6.94. The Morgan fingerprint density at radius 3 is 1.03 bits per heavy atom. The quantitative estimate of drug-likeness (QED) is 0.415. The van der Waals surface area contributed by atoms with Crippen molar-refractivity contribution in [2.24, 2.45) is 0 Å². The molecule has 0 radical (unpaired) electrons. The van der Waals surface area contributed by atoms with Crippen LogP contribution in [-0.4, -0.2) is 81.8 Å². The van der Waals surface area contributed by atoms with Crippen LogP contribution in [0.3, 0.4) is 0 Å². The highest BCUT2D eigenvalue weighted by atomic mass is 15.5. The lowest BCUT2D eigenvalue weighted by Gasteiger charge is -2.54. The summed E-state index contributed by atoms with van der Waals surface area (Å²) in [5.41, 5.74) is 8.38. The molecular weight excluding hydrogens is 468 g/mol. The fourth-order valence-corrected chi connectivity index (χ4v) is 8.40. The maximum atomic E-state index is 2.72. The number of allylic oxidation sites excluding steroid dienone is 5. The van der Waals surface area contributed by atoms with Crippen LogP contribution in [0.4, 0.5) is 0 Å². The minimum atomic E-state index is 1.02. The van der Waals surface area contributed by atoms with E-state index in [2.05, 4.69) is 70.9 Å². The van der Waals surface area contributed by atoms with Crippen LogP contribution in [0.1, 0.15) is 92.9 Å². The molecule has 0 aromatic heterocycles. The summed E-state index contributed by atoms with van der Waals surface area (Å²) in [6, 6.07) is 0. The predicted molar refractivity (Wildman–Crippen MR) is 156 cm³/mol. The maximum absolute atomic E-state index is 2.72. The first-order valence-electron chi connectivity index (χ1n) is 15.8. The molecule has 0 aromatic carbocycles. The van der Waals surface area contributed by atoms with E-state index in [1.54, 1.807) is 27.9 Å². The summed E-state index contributed by atoms with van der Waals surface area (Å²) < 4.78 is 0. The van der Waals surface area contributed by atoms with Crippen LogP contribution < -0.4 is 0 Å². The fourth-order valence-electron chi connectivity index (χ4n) is 8.40. The first-order valence-corrected chi connectivity index (χ1v) is 15.8. The summed E-state index contributed by atoms with van der Waals surface area (Å²) in [6.45, 7) is 22.8. The number of hydrogen-bond acceptors (Lipinski definition) is 6. The molecule has 208 valence electrons. The Balaban J connectivity index is 1.40. The standard InChI is InChI=1S/C32H50N6/c1-7-33-17-13-15-23-19-25-21-27-22-26-20-24-16-14-18-34(8-2)29(24)36(10-4)31(26)38(12-6)32(27)37(11-5)30(25)35(9-3)28(23)33/h7-22H2,1-6H3. The van der Waals surface area contributed by atoms with Gasteiger partial charge in [0, 0.05) is 52.4 Å². The summed E-state index contributed by atoms with van der Waals surface area (Å²) in [6.07, 6.45) is 9.78. The van der Waals surface area contributed by atoms with Crippen LogP contribution in [-0.2, 0) is 0 Å². The third-order valence-electron chi connectivity index (χ3n) is 9.77. The molecule has 6 heterocycles. The van der Waals surface area contributed by atoms with Gasteiger partial charge in [-0.15, -0.1) is 0 Å². The van der Waals surface area contributed by atoms with Gasteiger partial charge in [-0.05, 0) is 121 Å². The van der Waals surface area contributed by atoms with Gasteiger partial charge in [-0.25, -0.2) is 0 Å². The normalized spacial score (nSPS) is 23.8. The third kappa shape index (κ3) is 3.72. The van der Waals surface area contributed by atoms with Crippen molar-refractivity contribution in [3.05, 3.63) is 57.0 Å². The Morgan fingerprint density at radius 2 is 0.711 bits per heavy atom. The van der Waals surface area contributed by atoms with E-state index in [1.807, 2.05) is 0 Å². The zero-order valence-electron chi connectivity index (χ0n) is 25.0. The molecule has 6 heteroatoms. The van der Waals surface area contributed by atoms with E-state index in [-0.39, 0.29) is 0 Å². The van der Waals surface area contributed by atoms with E-state index < -0.39 is 0 Å². The molecule has 0 N–H and O–H groups in total. The lowest BCUT2D eigenvalue weighted by Crippen LogP contribution is -2.52. The second-order valence-electron chi connectivity index (χ2n) is 11.7. The van der Waals surface area contributed by atoms with Gasteiger partial charge in [0.2, 0.25) is 0 Å². The summed E-state index contributed by atoms with van der Waals surface area (Å²) in [5.74, 6) is 7.56. The largest absolute Gasteiger partial charge is 0.358 e. The van der Waals surface area contributed by atoms with E-state index >= 15 is 0 Å². The molecular formula is C32H50N6. The van der Waals surface area contributed by atoms with Gasteiger partial charge in [0.25, 0.3) is 0 Å². The van der Waals surface area contributed by atoms with E-state index in [0.29, 0.717) is 0 Å². The van der Waals surface area contributed by atoms with Crippen molar-refractivity contribution in [2.45, 2.75) is 92.9 Å². The van der Waals surface area contributed by atoms with Gasteiger partial charge in [-0.1, -0.05) is 0 Å². The van der Waals surface area contributed by atoms with Crippen LogP contribution in [0.15, 0.2) is 57.0 Å². The molecule has 6 aliphatic rings. The molecule has 6 nitrogen and oxygen atoms in total. The molecule has 0 unspecified atom stereocenters. The monoisotopic (exact) mass is 518 g/mol. The Labute approximate surface area is 231 Å². The molecule has 6 rings (SSSR count). The molecule has 0 saturated heterocycles. The topological polar surface area (TPSA) is 19.4 Å². The SMILES string of the molecule is CCN1CCCC2=C1N(CC)C1=C(C2)CC2=C(N1CC)N(CC)C1=C(CC3=C(N(CC)CCC3)N1CC)C2. The first-order chi connectivity index (χ1) is 18.6. The number of nitrogens with zero attached hydrogens (tertiary/aromatic N) is 6. The van der Waals surface area contributed by atoms with Crippen molar-refractivity contribution in [3.63, 3.8) is 0 Å². The Hall–Kier alpha value is -2.50. The van der Waals surface area contributed by atoms with E-state index in [0.717, 1.165) is 52.1 Å². The average molecular weight is 519 g/mol. The van der Waals surface area contributed by atoms with Crippen molar-refractivity contribution in [2.75, 3.05) is 52.4 Å². The fraction of sp³-hybridized carbons (Fsp3) is 0.688. The molecule has 0 aliphatic carbocycles. The number of rotatable bonds is 6. The van der Waals surface area contributed by atoms with Crippen molar-refractivity contribution < 1.29 is 0 Å². The van der Waals surface area contributed by atoms with E-state index in [4.69, 9.17) is 0 Å². The highest BCUT2D eigenvalue weighted by Gasteiger charge is 2.44. The second kappa shape index (κ2) is 10.2. The Morgan fingerprint density at radius 1 is 0.395 bits per heavy atom. The highest BCUT2D eigenvalue weighted by molar-refractivity contribution is 5.47. The van der Waals surface area contributed by atoms with Crippen LogP contribution in [0.2, 0.25) is 0 Å². The molecule has 0 aromatic rings. The van der Waals surface area contributed by atoms with Crippen molar-refractivity contribution >= 4 is 0 Å². The van der Waals surface area contributed by atoms with Gasteiger partial charge in [0.05, 0.1) is 0 Å². The maximum Gasteiger partial charge on any atom is 0.115 e. The van der Waals surface area contributed by atoms with Gasteiger partial charge in [-0.2, -0.15) is 0 Å². The van der Waals surface area contributed by atoms with Crippen LogP contribution in [0.25, 0.3) is 0 Å². The molecule has 0 atom stereocenters. The van der Waals surface area contributed by atoms with Crippen LogP contribution in [0.5, 0.6) is 0 Å². The van der Waals surface area contributed by atoms with Gasteiger partial charge < -0.3 is 29.4 Å². The summed E-state index contributed by atoms with van der Waals surface area (Å²) >= 11 is 0. The summed E-state index contributed by atoms with van der Waals surface area (Å²) in [7, 11) is 0. The molecule has 0 amide bonds. The van der Waals surface area contributed by atoms with Crippen molar-refractivity contribution in [1.82, 2.24) is 29.4 Å². The Bertz CT molecular complexity index is 1050. The van der Waals surface area contributed by atoms with Crippen LogP contribution >= 0.6 is 0 Å². The van der Waals surface area contributed by atoms with E-state index in [1.165, 1.54) is 80.7 Å². The number of hydrogen-bond donors (Lipinski definition) is 0. The first kappa shape index (κ1) is 25.8. The summed E-state index contributed by atoms with van der Waals surface area (Å²) in [4.78, 5) is 16.1. The van der Waals surface area contributed by atoms with E-state index in [9.17, 15) is 0 Å². The molecule has 6 aliphatic heterocycles. The minimum absolute atomic E-state index is 1.02. The minimum Gasteiger partial charge on any atom is -0.358 e. The molecule has 0 spiro atoms. The second-order valence-corrected chi connectivity index (χ2v) is 11.7. The molecule has 0 fully saturated rings. The molecule has 0 saturated carbocycles. The molecule has 38 heavy (non-hydrogen) atoms. The van der Waals surface area contributed by atoms with Crippen molar-refractivity contribution in [3.8, 4) is 0 Å². The van der Waals surface area contributed by atoms with Gasteiger partial charge in [0.15, 0.2) is 0 Å². The lowest BCUT2D eigenvalue weighted by atomic mass is 9.82.